The Bertz CT molecular complexity index is 427. The van der Waals surface area contributed by atoms with Crippen molar-refractivity contribution in [3.8, 4) is 0 Å². The molecule has 1 aromatic rings. The van der Waals surface area contributed by atoms with E-state index in [4.69, 9.17) is 0 Å². The minimum Gasteiger partial charge on any atom is -0.306 e. The van der Waals surface area contributed by atoms with Crippen molar-refractivity contribution in [1.29, 1.82) is 0 Å². The van der Waals surface area contributed by atoms with E-state index in [1.54, 1.807) is 6.92 Å². The van der Waals surface area contributed by atoms with Crippen LogP contribution in [0, 0.1) is 5.82 Å². The standard InChI is InChI=1S/C12H14F4N2/c1-7(18-9-3-2-4-9)11-10(13)5-8(6-17-11)12(14,15)16/h5-7,9,18H,2-4H2,1H3. The van der Waals surface area contributed by atoms with E-state index in [0.29, 0.717) is 18.3 Å². The van der Waals surface area contributed by atoms with Crippen LogP contribution in [0.15, 0.2) is 12.3 Å². The van der Waals surface area contributed by atoms with Crippen LogP contribution in [0.25, 0.3) is 0 Å². The molecule has 0 aromatic carbocycles. The van der Waals surface area contributed by atoms with E-state index >= 15 is 0 Å². The number of rotatable bonds is 3. The van der Waals surface area contributed by atoms with Gasteiger partial charge in [-0.05, 0) is 25.8 Å². The molecule has 1 atom stereocenters. The van der Waals surface area contributed by atoms with Crippen molar-refractivity contribution in [3.05, 3.63) is 29.3 Å². The van der Waals surface area contributed by atoms with Crippen LogP contribution in [0.5, 0.6) is 0 Å². The van der Waals surface area contributed by atoms with Crippen LogP contribution in [0.1, 0.15) is 43.5 Å². The molecule has 1 aromatic heterocycles. The number of aromatic nitrogens is 1. The van der Waals surface area contributed by atoms with Gasteiger partial charge in [-0.3, -0.25) is 4.98 Å². The predicted octanol–water partition coefficient (Wildman–Crippen LogP) is 3.44. The van der Waals surface area contributed by atoms with Gasteiger partial charge in [-0.15, -0.1) is 0 Å². The minimum atomic E-state index is -4.56. The van der Waals surface area contributed by atoms with Crippen molar-refractivity contribution in [3.63, 3.8) is 0 Å². The second-order valence-corrected chi connectivity index (χ2v) is 4.60. The lowest BCUT2D eigenvalue weighted by Gasteiger charge is -2.29. The summed E-state index contributed by atoms with van der Waals surface area (Å²) >= 11 is 0. The number of pyridine rings is 1. The van der Waals surface area contributed by atoms with Gasteiger partial charge < -0.3 is 5.32 Å². The van der Waals surface area contributed by atoms with E-state index in [9.17, 15) is 17.6 Å². The van der Waals surface area contributed by atoms with Gasteiger partial charge in [0.2, 0.25) is 0 Å². The number of halogens is 4. The third kappa shape index (κ3) is 2.80. The van der Waals surface area contributed by atoms with E-state index in [1.165, 1.54) is 0 Å². The summed E-state index contributed by atoms with van der Waals surface area (Å²) in [6.45, 7) is 1.71. The first-order valence-electron chi connectivity index (χ1n) is 5.86. The summed E-state index contributed by atoms with van der Waals surface area (Å²) < 4.78 is 50.7. The SMILES string of the molecule is CC(NC1CCC1)c1ncc(C(F)(F)F)cc1F. The van der Waals surface area contributed by atoms with Gasteiger partial charge in [0, 0.05) is 18.3 Å². The zero-order chi connectivity index (χ0) is 13.3. The highest BCUT2D eigenvalue weighted by atomic mass is 19.4. The fraction of sp³-hybridized carbons (Fsp3) is 0.583. The van der Waals surface area contributed by atoms with E-state index in [2.05, 4.69) is 10.3 Å². The third-order valence-electron chi connectivity index (χ3n) is 3.20. The molecule has 18 heavy (non-hydrogen) atoms. The van der Waals surface area contributed by atoms with Crippen LogP contribution in [0.2, 0.25) is 0 Å². The van der Waals surface area contributed by atoms with E-state index in [0.717, 1.165) is 19.3 Å². The summed E-state index contributed by atoms with van der Waals surface area (Å²) in [5, 5.41) is 3.15. The van der Waals surface area contributed by atoms with Crippen molar-refractivity contribution >= 4 is 0 Å². The summed E-state index contributed by atoms with van der Waals surface area (Å²) in [6, 6.07) is 0.447. The van der Waals surface area contributed by atoms with Crippen molar-refractivity contribution in [1.82, 2.24) is 10.3 Å². The molecule has 1 aliphatic rings. The Balaban J connectivity index is 2.13. The lowest BCUT2D eigenvalue weighted by atomic mass is 9.92. The molecule has 1 aliphatic carbocycles. The minimum absolute atomic E-state index is 0.0369. The van der Waals surface area contributed by atoms with Crippen LogP contribution in [-0.4, -0.2) is 11.0 Å². The molecule has 0 radical (unpaired) electrons. The molecule has 1 unspecified atom stereocenters. The maximum atomic E-state index is 13.6. The van der Waals surface area contributed by atoms with Crippen molar-refractivity contribution in [2.75, 3.05) is 0 Å². The highest BCUT2D eigenvalue weighted by molar-refractivity contribution is 5.20. The summed E-state index contributed by atoms with van der Waals surface area (Å²) in [5.74, 6) is -0.913. The lowest BCUT2D eigenvalue weighted by Crippen LogP contribution is -2.37. The largest absolute Gasteiger partial charge is 0.417 e. The van der Waals surface area contributed by atoms with Gasteiger partial charge in [-0.2, -0.15) is 13.2 Å². The molecule has 0 spiro atoms. The molecule has 2 rings (SSSR count). The first-order chi connectivity index (χ1) is 8.38. The predicted molar refractivity (Wildman–Crippen MR) is 58.4 cm³/mol. The number of alkyl halides is 3. The van der Waals surface area contributed by atoms with Crippen LogP contribution in [-0.2, 0) is 6.18 Å². The highest BCUT2D eigenvalue weighted by Crippen LogP contribution is 2.30. The van der Waals surface area contributed by atoms with Gasteiger partial charge in [-0.25, -0.2) is 4.39 Å². The molecule has 2 nitrogen and oxygen atoms in total. The number of hydrogen-bond donors (Lipinski definition) is 1. The van der Waals surface area contributed by atoms with Crippen LogP contribution < -0.4 is 5.32 Å². The quantitative estimate of drug-likeness (QED) is 0.844. The van der Waals surface area contributed by atoms with Crippen LogP contribution in [0.3, 0.4) is 0 Å². The molecule has 100 valence electrons. The average molecular weight is 262 g/mol. The van der Waals surface area contributed by atoms with Gasteiger partial charge in [-0.1, -0.05) is 6.42 Å². The molecule has 0 amide bonds. The Labute approximate surface area is 102 Å². The molecule has 0 aliphatic heterocycles. The first-order valence-corrected chi connectivity index (χ1v) is 5.86. The van der Waals surface area contributed by atoms with Gasteiger partial charge in [0.15, 0.2) is 0 Å². The van der Waals surface area contributed by atoms with Gasteiger partial charge in [0.25, 0.3) is 0 Å². The topological polar surface area (TPSA) is 24.9 Å². The second kappa shape index (κ2) is 4.84. The maximum absolute atomic E-state index is 13.6. The van der Waals surface area contributed by atoms with Gasteiger partial charge in [0.05, 0.1) is 11.3 Å². The second-order valence-electron chi connectivity index (χ2n) is 4.60. The van der Waals surface area contributed by atoms with Gasteiger partial charge >= 0.3 is 6.18 Å². The van der Waals surface area contributed by atoms with Crippen molar-refractivity contribution in [2.45, 2.75) is 44.4 Å². The molecular weight excluding hydrogens is 248 g/mol. The molecule has 0 bridgehead atoms. The third-order valence-corrected chi connectivity index (χ3v) is 3.20. The number of nitrogens with one attached hydrogen (secondary N) is 1. The van der Waals surface area contributed by atoms with Crippen molar-refractivity contribution in [2.24, 2.45) is 0 Å². The highest BCUT2D eigenvalue weighted by Gasteiger charge is 2.32. The van der Waals surface area contributed by atoms with E-state index < -0.39 is 17.6 Å². The molecule has 1 heterocycles. The lowest BCUT2D eigenvalue weighted by molar-refractivity contribution is -0.138. The zero-order valence-corrected chi connectivity index (χ0v) is 9.89. The summed E-state index contributed by atoms with van der Waals surface area (Å²) in [5.41, 5.74) is -1.02. The fourth-order valence-electron chi connectivity index (χ4n) is 1.93. The number of hydrogen-bond acceptors (Lipinski definition) is 2. The Morgan fingerprint density at radius 3 is 2.50 bits per heavy atom. The van der Waals surface area contributed by atoms with Crippen molar-refractivity contribution < 1.29 is 17.6 Å². The fourth-order valence-corrected chi connectivity index (χ4v) is 1.93. The monoisotopic (exact) mass is 262 g/mol. The Morgan fingerprint density at radius 2 is 2.06 bits per heavy atom. The summed E-state index contributed by atoms with van der Waals surface area (Å²) in [6.07, 6.45) is -0.707. The van der Waals surface area contributed by atoms with E-state index in [1.807, 2.05) is 0 Å². The molecule has 1 saturated carbocycles. The Morgan fingerprint density at radius 1 is 1.39 bits per heavy atom. The molecule has 0 saturated heterocycles. The maximum Gasteiger partial charge on any atom is 0.417 e. The summed E-state index contributed by atoms with van der Waals surface area (Å²) in [7, 11) is 0. The number of nitrogens with zero attached hydrogens (tertiary/aromatic N) is 1. The molecular formula is C12H14F4N2. The first kappa shape index (κ1) is 13.3. The molecule has 1 fully saturated rings. The van der Waals surface area contributed by atoms with E-state index in [-0.39, 0.29) is 11.7 Å². The Kier molecular flexibility index (Phi) is 3.56. The molecule has 6 heteroatoms. The average Bonchev–Trinajstić information content (AvgIpc) is 2.21. The zero-order valence-electron chi connectivity index (χ0n) is 9.89. The normalized spacial score (nSPS) is 18.5. The smallest absolute Gasteiger partial charge is 0.306 e. The van der Waals surface area contributed by atoms with Crippen LogP contribution in [0.4, 0.5) is 17.6 Å². The Hall–Kier alpha value is -1.17. The summed E-state index contributed by atoms with van der Waals surface area (Å²) in [4.78, 5) is 3.60. The van der Waals surface area contributed by atoms with Gasteiger partial charge in [0.1, 0.15) is 5.82 Å². The van der Waals surface area contributed by atoms with Crippen LogP contribution >= 0.6 is 0 Å². The molecule has 1 N–H and O–H groups in total.